The van der Waals surface area contributed by atoms with Gasteiger partial charge in [-0.05, 0) is 24.3 Å². The predicted octanol–water partition coefficient (Wildman–Crippen LogP) is 5.51. The maximum Gasteiger partial charge on any atom is 0.416 e. The number of aromatic hydroxyl groups is 1. The van der Waals surface area contributed by atoms with E-state index < -0.39 is 11.7 Å². The third-order valence-electron chi connectivity index (χ3n) is 2.41. The van der Waals surface area contributed by atoms with Gasteiger partial charge in [0.15, 0.2) is 5.75 Å². The van der Waals surface area contributed by atoms with Crippen molar-refractivity contribution in [3.63, 3.8) is 0 Å². The fraction of sp³-hybridized carbons (Fsp3) is 0.0769. The van der Waals surface area contributed by atoms with Gasteiger partial charge >= 0.3 is 6.18 Å². The van der Waals surface area contributed by atoms with Crippen molar-refractivity contribution in [2.75, 3.05) is 0 Å². The second-order valence-corrected chi connectivity index (χ2v) is 4.67. The highest BCUT2D eigenvalue weighted by Crippen LogP contribution is 2.37. The first-order valence-electron chi connectivity index (χ1n) is 5.30. The van der Waals surface area contributed by atoms with Gasteiger partial charge < -0.3 is 9.84 Å². The first-order valence-corrected chi connectivity index (χ1v) is 6.06. The summed E-state index contributed by atoms with van der Waals surface area (Å²) in [5.41, 5.74) is -0.772. The van der Waals surface area contributed by atoms with Crippen LogP contribution in [0.1, 0.15) is 5.56 Å². The number of hydrogen-bond donors (Lipinski definition) is 1. The van der Waals surface area contributed by atoms with Gasteiger partial charge in [-0.2, -0.15) is 13.2 Å². The normalized spacial score (nSPS) is 11.4. The van der Waals surface area contributed by atoms with Gasteiger partial charge in [0, 0.05) is 12.1 Å². The fourth-order valence-electron chi connectivity index (χ4n) is 1.45. The van der Waals surface area contributed by atoms with Crippen molar-refractivity contribution in [2.24, 2.45) is 0 Å². The summed E-state index contributed by atoms with van der Waals surface area (Å²) in [6, 6.07) is 6.77. The summed E-state index contributed by atoms with van der Waals surface area (Å²) in [5, 5.41) is 9.35. The van der Waals surface area contributed by atoms with Crippen LogP contribution < -0.4 is 4.74 Å². The number of alkyl halides is 3. The number of benzene rings is 2. The van der Waals surface area contributed by atoms with Gasteiger partial charge in [0.1, 0.15) is 11.5 Å². The molecule has 0 amide bonds. The van der Waals surface area contributed by atoms with E-state index in [0.29, 0.717) is 0 Å². The lowest BCUT2D eigenvalue weighted by Gasteiger charge is -2.10. The molecule has 2 aromatic carbocycles. The minimum absolute atomic E-state index is 0.0144. The molecule has 0 saturated carbocycles. The molecule has 0 atom stereocenters. The number of halogens is 5. The Hall–Kier alpha value is -1.59. The van der Waals surface area contributed by atoms with Crippen LogP contribution in [-0.2, 0) is 6.18 Å². The van der Waals surface area contributed by atoms with Crippen LogP contribution in [0, 0.1) is 0 Å². The van der Waals surface area contributed by atoms with E-state index in [2.05, 4.69) is 0 Å². The van der Waals surface area contributed by atoms with Crippen LogP contribution in [0.25, 0.3) is 0 Å². The van der Waals surface area contributed by atoms with Crippen LogP contribution in [0.5, 0.6) is 17.2 Å². The molecule has 0 saturated heterocycles. The summed E-state index contributed by atoms with van der Waals surface area (Å²) in [7, 11) is 0. The van der Waals surface area contributed by atoms with Gasteiger partial charge in [0.2, 0.25) is 0 Å². The Labute approximate surface area is 122 Å². The molecule has 0 aliphatic rings. The summed E-state index contributed by atoms with van der Waals surface area (Å²) in [4.78, 5) is 0. The summed E-state index contributed by atoms with van der Waals surface area (Å²) in [6.45, 7) is 0. The number of rotatable bonds is 2. The molecular formula is C13H7Cl2F3O2. The lowest BCUT2D eigenvalue weighted by atomic mass is 10.2. The Morgan fingerprint density at radius 2 is 1.40 bits per heavy atom. The molecule has 2 rings (SSSR count). The van der Waals surface area contributed by atoms with Crippen LogP contribution >= 0.6 is 23.2 Å². The van der Waals surface area contributed by atoms with Crippen molar-refractivity contribution in [2.45, 2.75) is 6.18 Å². The van der Waals surface area contributed by atoms with Gasteiger partial charge in [-0.1, -0.05) is 23.2 Å². The monoisotopic (exact) mass is 322 g/mol. The van der Waals surface area contributed by atoms with Crippen LogP contribution in [0.4, 0.5) is 13.2 Å². The van der Waals surface area contributed by atoms with E-state index in [4.69, 9.17) is 27.9 Å². The van der Waals surface area contributed by atoms with Gasteiger partial charge in [0.25, 0.3) is 0 Å². The Kier molecular flexibility index (Phi) is 4.01. The van der Waals surface area contributed by atoms with E-state index in [9.17, 15) is 18.3 Å². The second kappa shape index (κ2) is 5.42. The highest BCUT2D eigenvalue weighted by atomic mass is 35.5. The molecule has 7 heteroatoms. The number of phenols is 1. The molecule has 0 unspecified atom stereocenters. The molecule has 2 aromatic rings. The van der Waals surface area contributed by atoms with E-state index in [1.807, 2.05) is 0 Å². The molecule has 0 aromatic heterocycles. The maximum absolute atomic E-state index is 12.4. The van der Waals surface area contributed by atoms with Crippen molar-refractivity contribution < 1.29 is 23.0 Å². The molecule has 106 valence electrons. The molecular weight excluding hydrogens is 316 g/mol. The fourth-order valence-corrected chi connectivity index (χ4v) is 1.92. The molecule has 0 aliphatic carbocycles. The lowest BCUT2D eigenvalue weighted by molar-refractivity contribution is -0.137. The zero-order valence-electron chi connectivity index (χ0n) is 9.71. The lowest BCUT2D eigenvalue weighted by Crippen LogP contribution is -2.03. The van der Waals surface area contributed by atoms with Gasteiger partial charge in [-0.15, -0.1) is 0 Å². The van der Waals surface area contributed by atoms with Gasteiger partial charge in [-0.25, -0.2) is 0 Å². The highest BCUT2D eigenvalue weighted by molar-refractivity contribution is 6.37. The van der Waals surface area contributed by atoms with E-state index >= 15 is 0 Å². The molecule has 0 aliphatic heterocycles. The largest absolute Gasteiger partial charge is 0.505 e. The molecule has 0 heterocycles. The minimum atomic E-state index is -4.40. The van der Waals surface area contributed by atoms with E-state index in [0.717, 1.165) is 12.1 Å². The van der Waals surface area contributed by atoms with E-state index in [1.165, 1.54) is 24.3 Å². The van der Waals surface area contributed by atoms with Crippen LogP contribution in [0.3, 0.4) is 0 Å². The smallest absolute Gasteiger partial charge is 0.416 e. The Morgan fingerprint density at radius 3 is 1.85 bits per heavy atom. The molecule has 0 radical (unpaired) electrons. The number of phenolic OH excluding ortho intramolecular Hbond substituents is 1. The zero-order chi connectivity index (χ0) is 14.9. The third kappa shape index (κ3) is 3.29. The minimum Gasteiger partial charge on any atom is -0.505 e. The van der Waals surface area contributed by atoms with Crippen molar-refractivity contribution in [3.05, 3.63) is 52.0 Å². The number of hydrogen-bond acceptors (Lipinski definition) is 2. The number of ether oxygens (including phenoxy) is 1. The average molecular weight is 323 g/mol. The molecule has 1 N–H and O–H groups in total. The first kappa shape index (κ1) is 14.8. The highest BCUT2D eigenvalue weighted by Gasteiger charge is 2.30. The molecule has 2 nitrogen and oxygen atoms in total. The summed E-state index contributed by atoms with van der Waals surface area (Å²) in [6.07, 6.45) is -4.40. The molecule has 0 spiro atoms. The quantitative estimate of drug-likeness (QED) is 0.789. The van der Waals surface area contributed by atoms with Crippen LogP contribution in [-0.4, -0.2) is 5.11 Å². The summed E-state index contributed by atoms with van der Waals surface area (Å²) >= 11 is 11.4. The second-order valence-electron chi connectivity index (χ2n) is 3.86. The van der Waals surface area contributed by atoms with Crippen molar-refractivity contribution >= 4 is 23.2 Å². The van der Waals surface area contributed by atoms with E-state index in [1.54, 1.807) is 0 Å². The van der Waals surface area contributed by atoms with Crippen LogP contribution in [0.2, 0.25) is 10.0 Å². The third-order valence-corrected chi connectivity index (χ3v) is 2.98. The molecule has 0 bridgehead atoms. The Balaban J connectivity index is 2.23. The molecule has 0 fully saturated rings. The van der Waals surface area contributed by atoms with Crippen molar-refractivity contribution in [3.8, 4) is 17.2 Å². The topological polar surface area (TPSA) is 29.5 Å². The van der Waals surface area contributed by atoms with E-state index in [-0.39, 0.29) is 27.3 Å². The SMILES string of the molecule is Oc1c(Cl)cc(Oc2ccc(C(F)(F)F)cc2)cc1Cl. The Morgan fingerprint density at radius 1 is 0.900 bits per heavy atom. The van der Waals surface area contributed by atoms with Crippen molar-refractivity contribution in [1.29, 1.82) is 0 Å². The average Bonchev–Trinajstić information content (AvgIpc) is 2.35. The summed E-state index contributed by atoms with van der Waals surface area (Å²) < 4.78 is 42.5. The predicted molar refractivity (Wildman–Crippen MR) is 69.6 cm³/mol. The standard InChI is InChI=1S/C13H7Cl2F3O2/c14-10-5-9(6-11(15)12(10)19)20-8-3-1-7(2-4-8)13(16,17)18/h1-6,19H. The van der Waals surface area contributed by atoms with Crippen LogP contribution in [0.15, 0.2) is 36.4 Å². The summed E-state index contributed by atoms with van der Waals surface area (Å²) in [5.74, 6) is 0.112. The Bertz CT molecular complexity index is 601. The first-order chi connectivity index (χ1) is 9.27. The van der Waals surface area contributed by atoms with Crippen molar-refractivity contribution in [1.82, 2.24) is 0 Å². The molecule has 20 heavy (non-hydrogen) atoms. The van der Waals surface area contributed by atoms with Gasteiger partial charge in [0.05, 0.1) is 15.6 Å². The zero-order valence-corrected chi connectivity index (χ0v) is 11.2. The maximum atomic E-state index is 12.4. The van der Waals surface area contributed by atoms with Gasteiger partial charge in [-0.3, -0.25) is 0 Å².